The molecule has 0 saturated heterocycles. The number of carbonyl (C=O) groups excluding carboxylic acids is 3. The Kier molecular flexibility index (Phi) is 5.99. The zero-order valence-electron chi connectivity index (χ0n) is 12.1. The Morgan fingerprint density at radius 3 is 1.95 bits per heavy atom. The first kappa shape index (κ1) is 17.4. The normalized spacial score (nSPS) is 11.8. The number of hydrogen-bond donors (Lipinski definition) is 0. The van der Waals surface area contributed by atoms with Crippen LogP contribution < -0.4 is 0 Å². The molecule has 0 unspecified atom stereocenters. The van der Waals surface area contributed by atoms with Crippen LogP contribution in [-0.2, 0) is 19.1 Å². The standard InChI is InChI=1S/C13H21NO5/c1-12(2,3)8-13(4,5)19-11(17)9(15)6-7-10(16)14-18/h6-8H2,1-5H3. The Morgan fingerprint density at radius 2 is 1.53 bits per heavy atom. The minimum Gasteiger partial charge on any atom is -0.454 e. The Hall–Kier alpha value is -1.59. The van der Waals surface area contributed by atoms with Crippen LogP contribution in [0, 0.1) is 10.3 Å². The molecule has 0 aromatic carbocycles. The second-order valence-electron chi connectivity index (χ2n) is 6.29. The Bertz CT molecular complexity index is 379. The summed E-state index contributed by atoms with van der Waals surface area (Å²) in [5.41, 5.74) is -0.817. The summed E-state index contributed by atoms with van der Waals surface area (Å²) in [6, 6.07) is 0. The molecule has 0 aliphatic heterocycles. The van der Waals surface area contributed by atoms with Crippen LogP contribution in [0.1, 0.15) is 53.9 Å². The van der Waals surface area contributed by atoms with Crippen molar-refractivity contribution in [1.82, 2.24) is 0 Å². The molecule has 0 spiro atoms. The highest BCUT2D eigenvalue weighted by Gasteiger charge is 2.31. The molecule has 19 heavy (non-hydrogen) atoms. The van der Waals surface area contributed by atoms with Gasteiger partial charge in [-0.15, -0.1) is 4.91 Å². The maximum Gasteiger partial charge on any atom is 0.375 e. The molecule has 108 valence electrons. The van der Waals surface area contributed by atoms with Crippen molar-refractivity contribution in [2.75, 3.05) is 0 Å². The molecule has 6 nitrogen and oxygen atoms in total. The molecule has 6 heteroatoms. The highest BCUT2D eigenvalue weighted by Crippen LogP contribution is 2.29. The van der Waals surface area contributed by atoms with Gasteiger partial charge in [-0.3, -0.25) is 9.59 Å². The van der Waals surface area contributed by atoms with Gasteiger partial charge in [-0.25, -0.2) is 4.79 Å². The Labute approximate surface area is 112 Å². The molecule has 0 aliphatic carbocycles. The van der Waals surface area contributed by atoms with E-state index >= 15 is 0 Å². The highest BCUT2D eigenvalue weighted by atomic mass is 16.6. The lowest BCUT2D eigenvalue weighted by Gasteiger charge is -2.31. The van der Waals surface area contributed by atoms with E-state index < -0.39 is 23.3 Å². The Balaban J connectivity index is 4.39. The van der Waals surface area contributed by atoms with Crippen molar-refractivity contribution in [2.45, 2.75) is 59.5 Å². The monoisotopic (exact) mass is 271 g/mol. The third kappa shape index (κ3) is 8.18. The van der Waals surface area contributed by atoms with Crippen molar-refractivity contribution in [1.29, 1.82) is 0 Å². The van der Waals surface area contributed by atoms with Crippen LogP contribution in [0.4, 0.5) is 0 Å². The quantitative estimate of drug-likeness (QED) is 0.420. The first-order chi connectivity index (χ1) is 8.47. The fraction of sp³-hybridized carbons (Fsp3) is 0.769. The van der Waals surface area contributed by atoms with Gasteiger partial charge in [0.05, 0.1) is 0 Å². The molecule has 0 rings (SSSR count). The first-order valence-corrected chi connectivity index (χ1v) is 6.09. The minimum atomic E-state index is -0.979. The van der Waals surface area contributed by atoms with E-state index in [1.54, 1.807) is 13.8 Å². The van der Waals surface area contributed by atoms with Gasteiger partial charge in [0.25, 0.3) is 5.91 Å². The van der Waals surface area contributed by atoms with Crippen molar-refractivity contribution < 1.29 is 19.1 Å². The van der Waals surface area contributed by atoms with Gasteiger partial charge in [-0.1, -0.05) is 20.8 Å². The van der Waals surface area contributed by atoms with Crippen LogP contribution in [0.25, 0.3) is 0 Å². The number of carbonyl (C=O) groups is 3. The van der Waals surface area contributed by atoms with E-state index in [9.17, 15) is 19.3 Å². The lowest BCUT2D eigenvalue weighted by Crippen LogP contribution is -2.35. The van der Waals surface area contributed by atoms with Crippen molar-refractivity contribution in [3.05, 3.63) is 4.91 Å². The lowest BCUT2D eigenvalue weighted by molar-refractivity contribution is -0.165. The molecule has 0 radical (unpaired) electrons. The summed E-state index contributed by atoms with van der Waals surface area (Å²) < 4.78 is 5.13. The number of ketones is 1. The number of nitrogens with zero attached hydrogens (tertiary/aromatic N) is 1. The summed E-state index contributed by atoms with van der Waals surface area (Å²) in [4.78, 5) is 43.5. The van der Waals surface area contributed by atoms with Crippen LogP contribution in [0.2, 0.25) is 0 Å². The van der Waals surface area contributed by atoms with E-state index in [1.807, 2.05) is 20.8 Å². The van der Waals surface area contributed by atoms with Gasteiger partial charge in [0, 0.05) is 18.0 Å². The highest BCUT2D eigenvalue weighted by molar-refractivity contribution is 6.33. The van der Waals surface area contributed by atoms with E-state index in [0.29, 0.717) is 6.42 Å². The van der Waals surface area contributed by atoms with Gasteiger partial charge >= 0.3 is 5.97 Å². The molecule has 0 fully saturated rings. The average molecular weight is 271 g/mol. The first-order valence-electron chi connectivity index (χ1n) is 6.09. The van der Waals surface area contributed by atoms with Crippen molar-refractivity contribution in [3.8, 4) is 0 Å². The van der Waals surface area contributed by atoms with E-state index in [1.165, 1.54) is 0 Å². The van der Waals surface area contributed by atoms with Crippen molar-refractivity contribution >= 4 is 17.7 Å². The third-order valence-electron chi connectivity index (χ3n) is 2.22. The molecule has 0 aromatic heterocycles. The largest absolute Gasteiger partial charge is 0.454 e. The average Bonchev–Trinajstić information content (AvgIpc) is 2.20. The molecular weight excluding hydrogens is 250 g/mol. The van der Waals surface area contributed by atoms with Gasteiger partial charge in [-0.05, 0) is 25.7 Å². The second kappa shape index (κ2) is 6.54. The maximum atomic E-state index is 11.6. The third-order valence-corrected chi connectivity index (χ3v) is 2.22. The molecule has 0 N–H and O–H groups in total. The SMILES string of the molecule is CC(C)(C)CC(C)(C)OC(=O)C(=O)CCC(=O)N=O. The molecule has 0 heterocycles. The van der Waals surface area contributed by atoms with Gasteiger partial charge in [0.2, 0.25) is 5.78 Å². The van der Waals surface area contributed by atoms with E-state index in [2.05, 4.69) is 5.18 Å². The predicted octanol–water partition coefficient (Wildman–Crippen LogP) is 2.39. The summed E-state index contributed by atoms with van der Waals surface area (Å²) >= 11 is 0. The maximum absolute atomic E-state index is 11.6. The van der Waals surface area contributed by atoms with Crippen LogP contribution in [0.15, 0.2) is 5.18 Å². The molecule has 0 aliphatic rings. The smallest absolute Gasteiger partial charge is 0.375 e. The summed E-state index contributed by atoms with van der Waals surface area (Å²) in [5.74, 6) is -2.75. The number of amides is 1. The summed E-state index contributed by atoms with van der Waals surface area (Å²) in [6.07, 6.45) is -0.125. The fourth-order valence-corrected chi connectivity index (χ4v) is 1.99. The van der Waals surface area contributed by atoms with Gasteiger partial charge < -0.3 is 4.74 Å². The molecule has 0 bridgehead atoms. The summed E-state index contributed by atoms with van der Waals surface area (Å²) in [5, 5.41) is 2.15. The minimum absolute atomic E-state index is 0.0514. The molecule has 0 saturated carbocycles. The van der Waals surface area contributed by atoms with E-state index in [4.69, 9.17) is 4.74 Å². The number of Topliss-reactive ketones (excluding diaryl/α,β-unsaturated/α-hetero) is 1. The molecule has 0 aromatic rings. The van der Waals surface area contributed by atoms with Gasteiger partial charge in [-0.2, -0.15) is 0 Å². The molecular formula is C13H21NO5. The van der Waals surface area contributed by atoms with Crippen LogP contribution in [0.5, 0.6) is 0 Å². The van der Waals surface area contributed by atoms with Gasteiger partial charge in [0.15, 0.2) is 0 Å². The molecule has 1 amide bonds. The lowest BCUT2D eigenvalue weighted by atomic mass is 9.83. The zero-order chi connectivity index (χ0) is 15.3. The molecule has 0 atom stereocenters. The zero-order valence-corrected chi connectivity index (χ0v) is 12.1. The van der Waals surface area contributed by atoms with E-state index in [0.717, 1.165) is 0 Å². The predicted molar refractivity (Wildman–Crippen MR) is 69.3 cm³/mol. The number of esters is 1. The van der Waals surface area contributed by atoms with Crippen LogP contribution in [-0.4, -0.2) is 23.3 Å². The summed E-state index contributed by atoms with van der Waals surface area (Å²) in [7, 11) is 0. The second-order valence-corrected chi connectivity index (χ2v) is 6.29. The van der Waals surface area contributed by atoms with Crippen LogP contribution in [0.3, 0.4) is 0 Å². The number of nitroso groups, excluding NO2 is 1. The fourth-order valence-electron chi connectivity index (χ4n) is 1.99. The van der Waals surface area contributed by atoms with Crippen molar-refractivity contribution in [2.24, 2.45) is 10.6 Å². The number of rotatable bonds is 6. The van der Waals surface area contributed by atoms with E-state index in [-0.39, 0.29) is 18.3 Å². The topological polar surface area (TPSA) is 89.9 Å². The van der Waals surface area contributed by atoms with Gasteiger partial charge in [0.1, 0.15) is 5.60 Å². The number of ether oxygens (including phenoxy) is 1. The Morgan fingerprint density at radius 1 is 1.00 bits per heavy atom. The van der Waals surface area contributed by atoms with Crippen LogP contribution >= 0.6 is 0 Å². The van der Waals surface area contributed by atoms with Crippen molar-refractivity contribution in [3.63, 3.8) is 0 Å². The number of hydrogen-bond acceptors (Lipinski definition) is 5. The summed E-state index contributed by atoms with van der Waals surface area (Å²) in [6.45, 7) is 9.44.